The van der Waals surface area contributed by atoms with E-state index in [1.54, 1.807) is 29.1 Å². The van der Waals surface area contributed by atoms with Crippen LogP contribution >= 0.6 is 11.8 Å². The third-order valence-electron chi connectivity index (χ3n) is 3.30. The lowest BCUT2D eigenvalue weighted by Crippen LogP contribution is -3.11. The summed E-state index contributed by atoms with van der Waals surface area (Å²) in [5.41, 5.74) is 1.88. The van der Waals surface area contributed by atoms with Crippen molar-refractivity contribution in [3.05, 3.63) is 36.7 Å². The number of nitrogens with zero attached hydrogens (tertiary/aromatic N) is 3. The van der Waals surface area contributed by atoms with Crippen molar-refractivity contribution in [2.75, 3.05) is 25.4 Å². The molecule has 0 aliphatic carbocycles. The summed E-state index contributed by atoms with van der Waals surface area (Å²) in [5.74, 6) is 1.08. The van der Waals surface area contributed by atoms with Crippen molar-refractivity contribution in [3.63, 3.8) is 0 Å². The van der Waals surface area contributed by atoms with Gasteiger partial charge in [0.1, 0.15) is 5.03 Å². The Morgan fingerprint density at radius 3 is 2.55 bits per heavy atom. The van der Waals surface area contributed by atoms with Crippen molar-refractivity contribution in [1.82, 2.24) is 15.2 Å². The Bertz CT molecular complexity index is 497. The number of quaternary nitrogens is 1. The zero-order valence-electron chi connectivity index (χ0n) is 12.0. The van der Waals surface area contributed by atoms with Gasteiger partial charge in [0.15, 0.2) is 0 Å². The van der Waals surface area contributed by atoms with Gasteiger partial charge in [-0.05, 0) is 38.1 Å². The Morgan fingerprint density at radius 1 is 1.10 bits per heavy atom. The highest BCUT2D eigenvalue weighted by Gasteiger charge is 2.05. The van der Waals surface area contributed by atoms with Gasteiger partial charge in [0.2, 0.25) is 0 Å². The Hall–Kier alpha value is -1.46. The number of thioether (sulfide) groups is 1. The van der Waals surface area contributed by atoms with Crippen molar-refractivity contribution < 1.29 is 4.90 Å². The molecule has 0 fully saturated rings. The lowest BCUT2D eigenvalue weighted by Gasteiger charge is -2.14. The summed E-state index contributed by atoms with van der Waals surface area (Å²) in [5, 5.41) is 9.54. The Kier molecular flexibility index (Phi) is 5.95. The lowest BCUT2D eigenvalue weighted by atomic mass is 10.2. The summed E-state index contributed by atoms with van der Waals surface area (Å²) in [4.78, 5) is 5.72. The maximum Gasteiger partial charge on any atom is 0.119 e. The summed E-state index contributed by atoms with van der Waals surface area (Å²) < 4.78 is 0. The van der Waals surface area contributed by atoms with E-state index in [9.17, 15) is 0 Å². The van der Waals surface area contributed by atoms with Crippen LogP contribution in [0.1, 0.15) is 13.8 Å². The van der Waals surface area contributed by atoms with Crippen molar-refractivity contribution in [2.45, 2.75) is 18.9 Å². The highest BCUT2D eigenvalue weighted by molar-refractivity contribution is 7.99. The molecule has 2 heterocycles. The average molecular weight is 289 g/mol. The van der Waals surface area contributed by atoms with Crippen molar-refractivity contribution in [3.8, 4) is 11.3 Å². The molecule has 0 aliphatic rings. The number of hydrogen-bond acceptors (Lipinski definition) is 4. The standard InChI is InChI=1S/C15H20N4S/c1-3-19(4-2)10-11-20-15-8-7-14(17-18-15)13-6-5-9-16-12-13/h5-9,12H,3-4,10-11H2,1-2H3/p+1. The highest BCUT2D eigenvalue weighted by Crippen LogP contribution is 2.18. The van der Waals surface area contributed by atoms with Gasteiger partial charge in [-0.15, -0.1) is 10.2 Å². The minimum Gasteiger partial charge on any atom is -0.335 e. The van der Waals surface area contributed by atoms with Gasteiger partial charge in [0.05, 0.1) is 25.3 Å². The summed E-state index contributed by atoms with van der Waals surface area (Å²) in [6.45, 7) is 7.99. The van der Waals surface area contributed by atoms with Crippen LogP contribution < -0.4 is 4.90 Å². The maximum atomic E-state index is 4.28. The van der Waals surface area contributed by atoms with E-state index in [-0.39, 0.29) is 0 Å². The number of rotatable bonds is 7. The third kappa shape index (κ3) is 4.28. The van der Waals surface area contributed by atoms with Gasteiger partial charge in [0.25, 0.3) is 0 Å². The number of hydrogen-bond donors (Lipinski definition) is 1. The molecule has 0 saturated heterocycles. The quantitative estimate of drug-likeness (QED) is 0.786. The molecule has 0 radical (unpaired) electrons. The summed E-state index contributed by atoms with van der Waals surface area (Å²) >= 11 is 1.77. The molecule has 106 valence electrons. The molecular weight excluding hydrogens is 268 g/mol. The van der Waals surface area contributed by atoms with E-state index < -0.39 is 0 Å². The fraction of sp³-hybridized carbons (Fsp3) is 0.400. The van der Waals surface area contributed by atoms with Gasteiger partial charge in [-0.25, -0.2) is 0 Å². The van der Waals surface area contributed by atoms with Crippen LogP contribution in [0.25, 0.3) is 11.3 Å². The smallest absolute Gasteiger partial charge is 0.119 e. The van der Waals surface area contributed by atoms with E-state index in [1.807, 2.05) is 24.3 Å². The molecule has 20 heavy (non-hydrogen) atoms. The average Bonchev–Trinajstić information content (AvgIpc) is 2.53. The molecule has 5 heteroatoms. The van der Waals surface area contributed by atoms with Gasteiger partial charge in [0, 0.05) is 23.7 Å². The molecule has 0 atom stereocenters. The van der Waals surface area contributed by atoms with Gasteiger partial charge in [-0.1, -0.05) is 11.8 Å². The molecule has 2 rings (SSSR count). The lowest BCUT2D eigenvalue weighted by molar-refractivity contribution is -0.893. The second kappa shape index (κ2) is 7.97. The third-order valence-corrected chi connectivity index (χ3v) is 4.22. The first-order valence-electron chi connectivity index (χ1n) is 7.04. The molecule has 0 spiro atoms. The highest BCUT2D eigenvalue weighted by atomic mass is 32.2. The molecule has 0 saturated carbocycles. The van der Waals surface area contributed by atoms with Crippen molar-refractivity contribution >= 4 is 11.8 Å². The normalized spacial score (nSPS) is 10.9. The first kappa shape index (κ1) is 14.9. The van der Waals surface area contributed by atoms with E-state index in [4.69, 9.17) is 0 Å². The van der Waals surface area contributed by atoms with Crippen LogP contribution in [-0.2, 0) is 0 Å². The van der Waals surface area contributed by atoms with E-state index in [2.05, 4.69) is 29.0 Å². The molecule has 0 amide bonds. The van der Waals surface area contributed by atoms with Crippen molar-refractivity contribution in [2.24, 2.45) is 0 Å². The maximum absolute atomic E-state index is 4.28. The fourth-order valence-corrected chi connectivity index (χ4v) is 2.83. The Labute approximate surface area is 124 Å². The summed E-state index contributed by atoms with van der Waals surface area (Å²) in [6, 6.07) is 7.95. The van der Waals surface area contributed by atoms with Crippen LogP contribution in [0, 0.1) is 0 Å². The molecule has 0 unspecified atom stereocenters. The van der Waals surface area contributed by atoms with E-state index in [0.29, 0.717) is 0 Å². The van der Waals surface area contributed by atoms with Crippen LogP contribution in [0.15, 0.2) is 41.7 Å². The predicted molar refractivity (Wildman–Crippen MR) is 82.9 cm³/mol. The number of aromatic nitrogens is 3. The topological polar surface area (TPSA) is 43.1 Å². The molecule has 4 nitrogen and oxygen atoms in total. The monoisotopic (exact) mass is 289 g/mol. The fourth-order valence-electron chi connectivity index (χ4n) is 1.97. The number of pyridine rings is 1. The van der Waals surface area contributed by atoms with Gasteiger partial charge >= 0.3 is 0 Å². The molecule has 2 aromatic heterocycles. The predicted octanol–water partition coefficient (Wildman–Crippen LogP) is 1.56. The van der Waals surface area contributed by atoms with Crippen LogP contribution in [-0.4, -0.2) is 40.6 Å². The molecule has 0 aromatic carbocycles. The SMILES string of the molecule is CC[NH+](CC)CCSc1ccc(-c2cccnc2)nn1. The Balaban J connectivity index is 1.89. The molecule has 0 bridgehead atoms. The summed E-state index contributed by atoms with van der Waals surface area (Å²) in [6.07, 6.45) is 3.57. The minimum atomic E-state index is 0.872. The second-order valence-electron chi connectivity index (χ2n) is 4.55. The Morgan fingerprint density at radius 2 is 1.95 bits per heavy atom. The van der Waals surface area contributed by atoms with Gasteiger partial charge in [-0.3, -0.25) is 4.98 Å². The first-order chi connectivity index (χ1) is 9.83. The van der Waals surface area contributed by atoms with E-state index in [0.717, 1.165) is 22.0 Å². The van der Waals surface area contributed by atoms with E-state index in [1.165, 1.54) is 19.6 Å². The van der Waals surface area contributed by atoms with Gasteiger partial charge < -0.3 is 4.90 Å². The van der Waals surface area contributed by atoms with Crippen LogP contribution in [0.5, 0.6) is 0 Å². The van der Waals surface area contributed by atoms with Crippen LogP contribution in [0.4, 0.5) is 0 Å². The van der Waals surface area contributed by atoms with Crippen LogP contribution in [0.2, 0.25) is 0 Å². The molecular formula is C15H21N4S+. The largest absolute Gasteiger partial charge is 0.335 e. The first-order valence-corrected chi connectivity index (χ1v) is 8.02. The number of nitrogens with one attached hydrogen (secondary N) is 1. The van der Waals surface area contributed by atoms with Crippen LogP contribution in [0.3, 0.4) is 0 Å². The molecule has 1 N–H and O–H groups in total. The summed E-state index contributed by atoms with van der Waals surface area (Å²) in [7, 11) is 0. The molecule has 0 aliphatic heterocycles. The molecule has 2 aromatic rings. The minimum absolute atomic E-state index is 0.872. The van der Waals surface area contributed by atoms with E-state index >= 15 is 0 Å². The van der Waals surface area contributed by atoms with Crippen molar-refractivity contribution in [1.29, 1.82) is 0 Å². The zero-order chi connectivity index (χ0) is 14.2. The zero-order valence-corrected chi connectivity index (χ0v) is 12.9. The van der Waals surface area contributed by atoms with Gasteiger partial charge in [-0.2, -0.15) is 0 Å². The second-order valence-corrected chi connectivity index (χ2v) is 5.67.